The molecule has 2 aromatic rings. The van der Waals surface area contributed by atoms with E-state index in [1.165, 1.54) is 11.3 Å². The molecule has 0 bridgehead atoms. The second kappa shape index (κ2) is 6.85. The zero-order chi connectivity index (χ0) is 14.4. The van der Waals surface area contributed by atoms with Crippen molar-refractivity contribution in [2.75, 3.05) is 6.61 Å². The van der Waals surface area contributed by atoms with Gasteiger partial charge >= 0.3 is 0 Å². The molecule has 20 heavy (non-hydrogen) atoms. The SMILES string of the molecule is Cc1cccnc1CNC(=O)c1ccc(C#CCO)s1. The Labute approximate surface area is 121 Å². The van der Waals surface area contributed by atoms with E-state index in [0.29, 0.717) is 11.4 Å². The number of hydrogen-bond acceptors (Lipinski definition) is 4. The van der Waals surface area contributed by atoms with Crippen molar-refractivity contribution in [2.24, 2.45) is 0 Å². The maximum absolute atomic E-state index is 12.0. The number of nitrogens with one attached hydrogen (secondary N) is 1. The lowest BCUT2D eigenvalue weighted by Crippen LogP contribution is -2.22. The van der Waals surface area contributed by atoms with E-state index >= 15 is 0 Å². The van der Waals surface area contributed by atoms with E-state index in [2.05, 4.69) is 22.1 Å². The van der Waals surface area contributed by atoms with Crippen molar-refractivity contribution in [3.8, 4) is 11.8 Å². The molecule has 0 radical (unpaired) electrons. The number of thiophene rings is 1. The molecule has 4 nitrogen and oxygen atoms in total. The van der Waals surface area contributed by atoms with Crippen molar-refractivity contribution in [1.29, 1.82) is 0 Å². The summed E-state index contributed by atoms with van der Waals surface area (Å²) in [5, 5.41) is 11.5. The molecule has 0 spiro atoms. The van der Waals surface area contributed by atoms with Crippen LogP contribution in [0.4, 0.5) is 0 Å². The average molecular weight is 286 g/mol. The van der Waals surface area contributed by atoms with Gasteiger partial charge in [-0.2, -0.15) is 0 Å². The van der Waals surface area contributed by atoms with Crippen LogP contribution < -0.4 is 5.32 Å². The second-order valence-corrected chi connectivity index (χ2v) is 5.16. The van der Waals surface area contributed by atoms with Crippen LogP contribution in [-0.4, -0.2) is 22.6 Å². The molecule has 2 N–H and O–H groups in total. The Kier molecular flexibility index (Phi) is 4.88. The molecule has 2 aromatic heterocycles. The molecule has 0 fully saturated rings. The number of rotatable bonds is 3. The van der Waals surface area contributed by atoms with Crippen molar-refractivity contribution in [1.82, 2.24) is 10.3 Å². The van der Waals surface area contributed by atoms with Gasteiger partial charge in [0.05, 0.1) is 22.0 Å². The predicted octanol–water partition coefficient (Wildman–Crippen LogP) is 1.73. The Balaban J connectivity index is 1.98. The molecule has 0 saturated carbocycles. The number of nitrogens with zero attached hydrogens (tertiary/aromatic N) is 1. The van der Waals surface area contributed by atoms with Gasteiger partial charge < -0.3 is 10.4 Å². The fraction of sp³-hybridized carbons (Fsp3) is 0.200. The molecule has 0 unspecified atom stereocenters. The fourth-order valence-electron chi connectivity index (χ4n) is 1.61. The summed E-state index contributed by atoms with van der Waals surface area (Å²) >= 11 is 1.30. The third kappa shape index (κ3) is 3.67. The molecule has 5 heteroatoms. The van der Waals surface area contributed by atoms with Crippen LogP contribution in [0.3, 0.4) is 0 Å². The lowest BCUT2D eigenvalue weighted by molar-refractivity contribution is 0.0954. The van der Waals surface area contributed by atoms with E-state index < -0.39 is 0 Å². The molecular weight excluding hydrogens is 272 g/mol. The lowest BCUT2D eigenvalue weighted by atomic mass is 10.2. The molecule has 0 atom stereocenters. The smallest absolute Gasteiger partial charge is 0.261 e. The van der Waals surface area contributed by atoms with Gasteiger partial charge in [0, 0.05) is 6.20 Å². The minimum absolute atomic E-state index is 0.142. The predicted molar refractivity (Wildman–Crippen MR) is 78.4 cm³/mol. The van der Waals surface area contributed by atoms with Gasteiger partial charge in [-0.1, -0.05) is 17.9 Å². The van der Waals surface area contributed by atoms with Gasteiger partial charge in [0.15, 0.2) is 0 Å². The molecule has 2 rings (SSSR count). The summed E-state index contributed by atoms with van der Waals surface area (Å²) in [5.74, 6) is 5.19. The van der Waals surface area contributed by atoms with Crippen LogP contribution >= 0.6 is 11.3 Å². The fourth-order valence-corrected chi connectivity index (χ4v) is 2.41. The summed E-state index contributed by atoms with van der Waals surface area (Å²) < 4.78 is 0. The number of carbonyl (C=O) groups excluding carboxylic acids is 1. The first-order chi connectivity index (χ1) is 9.70. The van der Waals surface area contributed by atoms with Crippen LogP contribution in [-0.2, 0) is 6.54 Å². The minimum atomic E-state index is -0.182. The van der Waals surface area contributed by atoms with Gasteiger partial charge in [-0.25, -0.2) is 0 Å². The van der Waals surface area contributed by atoms with Gasteiger partial charge in [-0.3, -0.25) is 9.78 Å². The highest BCUT2D eigenvalue weighted by Crippen LogP contribution is 2.15. The summed E-state index contributed by atoms with van der Waals surface area (Å²) in [6.45, 7) is 2.18. The van der Waals surface area contributed by atoms with E-state index in [9.17, 15) is 4.79 Å². The normalized spacial score (nSPS) is 9.70. The van der Waals surface area contributed by atoms with Gasteiger partial charge in [0.2, 0.25) is 0 Å². The Morgan fingerprint density at radius 1 is 1.45 bits per heavy atom. The summed E-state index contributed by atoms with van der Waals surface area (Å²) in [4.78, 5) is 17.6. The monoisotopic (exact) mass is 286 g/mol. The van der Waals surface area contributed by atoms with Crippen LogP contribution in [0.1, 0.15) is 25.8 Å². The van der Waals surface area contributed by atoms with E-state index in [1.807, 2.05) is 19.1 Å². The summed E-state index contributed by atoms with van der Waals surface area (Å²) in [6.07, 6.45) is 1.71. The quantitative estimate of drug-likeness (QED) is 0.845. The number of aryl methyl sites for hydroxylation is 1. The first-order valence-corrected chi connectivity index (χ1v) is 6.90. The van der Waals surface area contributed by atoms with E-state index in [0.717, 1.165) is 16.1 Å². The number of hydrogen-bond donors (Lipinski definition) is 2. The number of pyridine rings is 1. The Morgan fingerprint density at radius 2 is 2.30 bits per heavy atom. The number of aliphatic hydroxyl groups excluding tert-OH is 1. The maximum Gasteiger partial charge on any atom is 0.261 e. The third-order valence-corrected chi connectivity index (χ3v) is 3.65. The van der Waals surface area contributed by atoms with Crippen LogP contribution in [0.15, 0.2) is 30.5 Å². The number of carbonyl (C=O) groups is 1. The molecular formula is C15H14N2O2S. The molecule has 0 saturated heterocycles. The van der Waals surface area contributed by atoms with Gasteiger partial charge in [0.1, 0.15) is 6.61 Å². The van der Waals surface area contributed by atoms with Crippen LogP contribution in [0.5, 0.6) is 0 Å². The number of aliphatic hydroxyl groups is 1. The van der Waals surface area contributed by atoms with Crippen LogP contribution in [0, 0.1) is 18.8 Å². The second-order valence-electron chi connectivity index (χ2n) is 4.07. The lowest BCUT2D eigenvalue weighted by Gasteiger charge is -2.05. The Morgan fingerprint density at radius 3 is 3.05 bits per heavy atom. The first kappa shape index (κ1) is 14.3. The number of aromatic nitrogens is 1. The van der Waals surface area contributed by atoms with E-state index in [4.69, 9.17) is 5.11 Å². The Hall–Kier alpha value is -2.16. The van der Waals surface area contributed by atoms with Crippen molar-refractivity contribution in [2.45, 2.75) is 13.5 Å². The standard InChI is InChI=1S/C15H14N2O2S/c1-11-4-2-8-16-13(11)10-17-15(19)14-7-6-12(20-14)5-3-9-18/h2,4,6-8,18H,9-10H2,1H3,(H,17,19). The molecule has 0 aliphatic heterocycles. The highest BCUT2D eigenvalue weighted by molar-refractivity contribution is 7.14. The van der Waals surface area contributed by atoms with Gasteiger partial charge in [0.25, 0.3) is 5.91 Å². The van der Waals surface area contributed by atoms with Crippen molar-refractivity contribution >= 4 is 17.2 Å². The van der Waals surface area contributed by atoms with Crippen LogP contribution in [0.2, 0.25) is 0 Å². The van der Waals surface area contributed by atoms with E-state index in [-0.39, 0.29) is 12.5 Å². The van der Waals surface area contributed by atoms with Crippen LogP contribution in [0.25, 0.3) is 0 Å². The zero-order valence-electron chi connectivity index (χ0n) is 11.0. The summed E-state index contributed by atoms with van der Waals surface area (Å²) in [5.41, 5.74) is 1.91. The molecule has 102 valence electrons. The van der Waals surface area contributed by atoms with E-state index in [1.54, 1.807) is 18.3 Å². The zero-order valence-corrected chi connectivity index (χ0v) is 11.8. The molecule has 2 heterocycles. The average Bonchev–Trinajstić information content (AvgIpc) is 2.93. The highest BCUT2D eigenvalue weighted by Gasteiger charge is 2.09. The Bertz CT molecular complexity index is 668. The van der Waals surface area contributed by atoms with Gasteiger partial charge in [-0.05, 0) is 30.7 Å². The maximum atomic E-state index is 12.0. The first-order valence-electron chi connectivity index (χ1n) is 6.09. The van der Waals surface area contributed by atoms with Crippen molar-refractivity contribution in [3.63, 3.8) is 0 Å². The summed E-state index contributed by atoms with van der Waals surface area (Å²) in [6, 6.07) is 7.33. The third-order valence-electron chi connectivity index (χ3n) is 2.65. The van der Waals surface area contributed by atoms with Gasteiger partial charge in [-0.15, -0.1) is 11.3 Å². The largest absolute Gasteiger partial charge is 0.384 e. The molecule has 0 aliphatic carbocycles. The van der Waals surface area contributed by atoms with Crippen molar-refractivity contribution in [3.05, 3.63) is 51.5 Å². The minimum Gasteiger partial charge on any atom is -0.384 e. The topological polar surface area (TPSA) is 62.2 Å². The molecule has 0 aliphatic rings. The molecule has 0 aromatic carbocycles. The molecule has 1 amide bonds. The van der Waals surface area contributed by atoms with Crippen molar-refractivity contribution < 1.29 is 9.90 Å². The highest BCUT2D eigenvalue weighted by atomic mass is 32.1. The number of amides is 1. The summed E-state index contributed by atoms with van der Waals surface area (Å²) in [7, 11) is 0.